The highest BCUT2D eigenvalue weighted by Gasteiger charge is 2.27. The molecule has 11 rings (SSSR count). The topological polar surface area (TPSA) is 242 Å². The first-order chi connectivity index (χ1) is 34.7. The van der Waals surface area contributed by atoms with Crippen molar-refractivity contribution in [1.29, 1.82) is 5.26 Å². The summed E-state index contributed by atoms with van der Waals surface area (Å²) in [6, 6.07) is 18.7. The molecule has 0 radical (unpaired) electrons. The number of hydrogen-bond donors (Lipinski definition) is 5. The first kappa shape index (κ1) is 48.4. The summed E-state index contributed by atoms with van der Waals surface area (Å²) in [6.07, 6.45) is 13.3. The number of aromatic amines is 2. The number of carbonyl (C=O) groups is 1. The maximum absolute atomic E-state index is 12.3. The number of nitrogens with one attached hydrogen (secondary N) is 4. The van der Waals surface area contributed by atoms with Crippen LogP contribution in [-0.4, -0.2) is 113 Å². The van der Waals surface area contributed by atoms with Crippen LogP contribution in [0, 0.1) is 17.2 Å². The minimum atomic E-state index is -0.446. The molecule has 0 aliphatic carbocycles. The molecule has 0 spiro atoms. The SMILES string of the molecule is CC(C)(C)OC(=O)CC1CCN(Cc2cc(Br)n3ncnc(Nc4cc(C#N)cc5cc[nH]c45)c23)CC1.CC(C)n1nnc(-c2cc(Nc3ncnn4ccc(CN5CCC(N)CC5)c34)c3[nH]ccc3c2)n1. The number of piperidine rings is 2. The molecule has 2 saturated heterocycles. The van der Waals surface area contributed by atoms with Gasteiger partial charge in [-0.15, -0.1) is 10.2 Å². The van der Waals surface area contributed by atoms with E-state index in [9.17, 15) is 10.1 Å². The molecule has 20 nitrogen and oxygen atoms in total. The molecule has 0 amide bonds. The van der Waals surface area contributed by atoms with Crippen molar-refractivity contribution >= 4 is 77.7 Å². The highest BCUT2D eigenvalue weighted by Crippen LogP contribution is 2.35. The molecule has 2 aromatic carbocycles. The van der Waals surface area contributed by atoms with Crippen LogP contribution in [0.5, 0.6) is 0 Å². The molecule has 9 heterocycles. The monoisotopic (exact) mass is 1030 g/mol. The quantitative estimate of drug-likeness (QED) is 0.0719. The van der Waals surface area contributed by atoms with Crippen molar-refractivity contribution in [1.82, 2.24) is 69.2 Å². The number of esters is 1. The number of carbonyl (C=O) groups excluding carboxylic acids is 1. The van der Waals surface area contributed by atoms with Crippen LogP contribution in [0.25, 0.3) is 44.2 Å². The van der Waals surface area contributed by atoms with E-state index < -0.39 is 5.60 Å². The predicted molar refractivity (Wildman–Crippen MR) is 280 cm³/mol. The highest BCUT2D eigenvalue weighted by atomic mass is 79.9. The van der Waals surface area contributed by atoms with Crippen molar-refractivity contribution in [3.8, 4) is 17.5 Å². The van der Waals surface area contributed by atoms with Gasteiger partial charge in [-0.1, -0.05) is 0 Å². The van der Waals surface area contributed by atoms with Crippen LogP contribution >= 0.6 is 15.9 Å². The molecule has 0 atom stereocenters. The minimum Gasteiger partial charge on any atom is -0.460 e. The number of nitriles is 1. The van der Waals surface area contributed by atoms with Crippen LogP contribution in [0.1, 0.15) is 89.5 Å². The highest BCUT2D eigenvalue weighted by molar-refractivity contribution is 9.10. The van der Waals surface area contributed by atoms with Crippen LogP contribution in [0.3, 0.4) is 0 Å². The molecule has 2 aliphatic rings. The van der Waals surface area contributed by atoms with Gasteiger partial charge >= 0.3 is 5.97 Å². The van der Waals surface area contributed by atoms with E-state index in [0.717, 1.165) is 131 Å². The van der Waals surface area contributed by atoms with E-state index >= 15 is 0 Å². The number of likely N-dealkylation sites (tertiary alicyclic amines) is 2. The number of rotatable bonds is 12. The molecule has 2 fully saturated rings. The summed E-state index contributed by atoms with van der Waals surface area (Å²) in [7, 11) is 0. The second-order valence-electron chi connectivity index (χ2n) is 20.0. The summed E-state index contributed by atoms with van der Waals surface area (Å²) < 4.78 is 10.1. The Bertz CT molecular complexity index is 3410. The van der Waals surface area contributed by atoms with Crippen molar-refractivity contribution in [2.45, 2.75) is 97.5 Å². The van der Waals surface area contributed by atoms with Crippen LogP contribution in [0.4, 0.5) is 23.0 Å². The number of ether oxygens (including phenoxy) is 1. The van der Waals surface area contributed by atoms with Gasteiger partial charge < -0.3 is 31.1 Å². The summed E-state index contributed by atoms with van der Waals surface area (Å²) >= 11 is 3.64. The zero-order valence-electron chi connectivity index (χ0n) is 41.1. The molecule has 2 aliphatic heterocycles. The van der Waals surface area contributed by atoms with Gasteiger partial charge in [0.15, 0.2) is 11.6 Å². The van der Waals surface area contributed by atoms with Crippen LogP contribution in [0.15, 0.2) is 84.4 Å². The van der Waals surface area contributed by atoms with Crippen LogP contribution < -0.4 is 16.4 Å². The van der Waals surface area contributed by atoms with E-state index in [-0.39, 0.29) is 12.0 Å². The maximum Gasteiger partial charge on any atom is 0.306 e. The molecular formula is C51H59BrN18O2. The standard InChI is InChI=1S/C27H30BrN7O2.C24H29N11/c1-27(2,3)37-23(36)12-17-5-8-34(9-6-17)15-20-13-22(28)35-25(20)26(31-16-32-35)33-21-11-18(14-29)10-19-4-7-30-24(19)21;1-15(2)35-31-23(30-32-35)18-11-16-3-7-26-21(16)20(12-18)29-24-22-17(4-10-34(22)28-14-27-24)13-33-8-5-19(25)6-9-33/h4,7,10-11,13,16-17,30H,5-6,8-9,12,15H2,1-3H3,(H,31,32,33);3-4,7,10-12,14-15,19,26H,5-6,8-9,13,25H2,1-2H3,(H,27,28,29). The minimum absolute atomic E-state index is 0.113. The number of fused-ring (bicyclic) bond motifs is 4. The zero-order valence-corrected chi connectivity index (χ0v) is 42.7. The lowest BCUT2D eigenvalue weighted by Crippen LogP contribution is -2.39. The average Bonchev–Trinajstić information content (AvgIpc) is 4.22. The Morgan fingerprint density at radius 2 is 1.50 bits per heavy atom. The Balaban J connectivity index is 0.000000166. The molecule has 0 bridgehead atoms. The Morgan fingerprint density at radius 1 is 0.861 bits per heavy atom. The molecule has 21 heteroatoms. The molecule has 7 aromatic heterocycles. The smallest absolute Gasteiger partial charge is 0.306 e. The van der Waals surface area contributed by atoms with Gasteiger partial charge in [-0.25, -0.2) is 19.0 Å². The van der Waals surface area contributed by atoms with Gasteiger partial charge in [-0.05, 0) is 173 Å². The Morgan fingerprint density at radius 3 is 2.17 bits per heavy atom. The number of hydrogen-bond acceptors (Lipinski definition) is 15. The molecular weight excluding hydrogens is 977 g/mol. The van der Waals surface area contributed by atoms with Gasteiger partial charge in [0.05, 0.1) is 40.1 Å². The van der Waals surface area contributed by atoms with Gasteiger partial charge in [0, 0.05) is 60.5 Å². The van der Waals surface area contributed by atoms with E-state index in [1.807, 2.05) is 92.6 Å². The third kappa shape index (κ3) is 10.7. The number of nitrogens with zero attached hydrogens (tertiary/aromatic N) is 13. The summed E-state index contributed by atoms with van der Waals surface area (Å²) in [5.74, 6) is 2.24. The molecule has 0 saturated carbocycles. The number of benzene rings is 2. The predicted octanol–water partition coefficient (Wildman–Crippen LogP) is 8.64. The Labute approximate surface area is 424 Å². The zero-order chi connectivity index (χ0) is 50.1. The van der Waals surface area contributed by atoms with Crippen molar-refractivity contribution in [2.24, 2.45) is 11.7 Å². The summed E-state index contributed by atoms with van der Waals surface area (Å²) in [5.41, 5.74) is 14.8. The summed E-state index contributed by atoms with van der Waals surface area (Å²) in [5, 5.41) is 40.4. The Kier molecular flexibility index (Phi) is 13.8. The number of H-pyrrole nitrogens is 2. The van der Waals surface area contributed by atoms with Gasteiger partial charge in [-0.3, -0.25) is 14.6 Å². The normalized spacial score (nSPS) is 15.4. The van der Waals surface area contributed by atoms with Gasteiger partial charge in [-0.2, -0.15) is 20.3 Å². The third-order valence-corrected chi connectivity index (χ3v) is 13.8. The molecule has 372 valence electrons. The Hall–Kier alpha value is -7.25. The second kappa shape index (κ2) is 20.5. The van der Waals surface area contributed by atoms with Gasteiger partial charge in [0.2, 0.25) is 5.82 Å². The molecule has 9 aromatic rings. The lowest BCUT2D eigenvalue weighted by Gasteiger charge is -2.32. The fraction of sp³-hybridized carbons (Fsp3) is 0.392. The first-order valence-corrected chi connectivity index (χ1v) is 25.2. The van der Waals surface area contributed by atoms with E-state index in [0.29, 0.717) is 35.6 Å². The lowest BCUT2D eigenvalue weighted by molar-refractivity contribution is -0.156. The van der Waals surface area contributed by atoms with Crippen molar-refractivity contribution < 1.29 is 9.53 Å². The van der Waals surface area contributed by atoms with Gasteiger partial charge in [0.1, 0.15) is 33.9 Å². The number of tetrazole rings is 1. The van der Waals surface area contributed by atoms with E-state index in [1.54, 1.807) is 11.1 Å². The molecule has 6 N–H and O–H groups in total. The van der Waals surface area contributed by atoms with Gasteiger partial charge in [0.25, 0.3) is 0 Å². The second-order valence-corrected chi connectivity index (χ2v) is 20.9. The van der Waals surface area contributed by atoms with Crippen molar-refractivity contribution in [2.75, 3.05) is 36.8 Å². The van der Waals surface area contributed by atoms with Crippen molar-refractivity contribution in [3.63, 3.8) is 0 Å². The lowest BCUT2D eigenvalue weighted by atomic mass is 9.93. The summed E-state index contributed by atoms with van der Waals surface area (Å²) in [4.78, 5) is 34.5. The largest absolute Gasteiger partial charge is 0.460 e. The first-order valence-electron chi connectivity index (χ1n) is 24.5. The number of anilines is 4. The van der Waals surface area contributed by atoms with Crippen LogP contribution in [0.2, 0.25) is 0 Å². The maximum atomic E-state index is 12.3. The number of nitrogens with two attached hydrogens (primary N) is 1. The third-order valence-electron chi connectivity index (χ3n) is 13.2. The van der Waals surface area contributed by atoms with E-state index in [1.165, 1.54) is 11.9 Å². The average molecular weight is 1040 g/mol. The number of aromatic nitrogens is 12. The fourth-order valence-electron chi connectivity index (χ4n) is 9.64. The molecule has 0 unspecified atom stereocenters. The van der Waals surface area contributed by atoms with Crippen LogP contribution in [-0.2, 0) is 22.6 Å². The van der Waals surface area contributed by atoms with Crippen molar-refractivity contribution in [3.05, 3.63) is 101 Å². The molecule has 72 heavy (non-hydrogen) atoms. The fourth-order valence-corrected chi connectivity index (χ4v) is 10.2. The number of halogens is 1. The van der Waals surface area contributed by atoms with E-state index in [4.69, 9.17) is 10.5 Å². The summed E-state index contributed by atoms with van der Waals surface area (Å²) in [6.45, 7) is 15.2. The van der Waals surface area contributed by atoms with E-state index in [2.05, 4.69) is 106 Å².